The van der Waals surface area contributed by atoms with Crippen molar-refractivity contribution in [3.05, 3.63) is 34.5 Å². The second-order valence-electron chi connectivity index (χ2n) is 5.40. The Labute approximate surface area is 123 Å². The molecule has 0 N–H and O–H groups in total. The average Bonchev–Trinajstić information content (AvgIpc) is 3.12. The number of rotatable bonds is 4. The largest absolute Gasteiger partial charge is 0.320 e. The van der Waals surface area contributed by atoms with E-state index in [2.05, 4.69) is 43.7 Å². The summed E-state index contributed by atoms with van der Waals surface area (Å²) in [5, 5.41) is 12.5. The first-order valence-electron chi connectivity index (χ1n) is 7.05. The highest BCUT2D eigenvalue weighted by Gasteiger charge is 2.22. The molecule has 2 aromatic heterocycles. The molecule has 5 nitrogen and oxygen atoms in total. The molecule has 3 rings (SSSR count). The van der Waals surface area contributed by atoms with Crippen molar-refractivity contribution in [2.24, 2.45) is 7.05 Å². The predicted octanol–water partition coefficient (Wildman–Crippen LogP) is 1.76. The Morgan fingerprint density at radius 3 is 2.70 bits per heavy atom. The summed E-state index contributed by atoms with van der Waals surface area (Å²) in [6, 6.07) is 2.76. The van der Waals surface area contributed by atoms with Crippen molar-refractivity contribution < 1.29 is 0 Å². The molecule has 0 unspecified atom stereocenters. The van der Waals surface area contributed by atoms with E-state index in [-0.39, 0.29) is 0 Å². The maximum Gasteiger partial charge on any atom is 0.146 e. The molecule has 3 heterocycles. The summed E-state index contributed by atoms with van der Waals surface area (Å²) in [5.41, 5.74) is 1.44. The third-order valence-corrected chi connectivity index (χ3v) is 4.85. The summed E-state index contributed by atoms with van der Waals surface area (Å²) < 4.78 is 2.00. The summed E-state index contributed by atoms with van der Waals surface area (Å²) in [7, 11) is 2.00. The van der Waals surface area contributed by atoms with Gasteiger partial charge in [-0.05, 0) is 29.3 Å². The van der Waals surface area contributed by atoms with Gasteiger partial charge in [0.15, 0.2) is 0 Å². The second-order valence-corrected chi connectivity index (χ2v) is 6.18. The van der Waals surface area contributed by atoms with Crippen molar-refractivity contribution in [2.75, 3.05) is 26.2 Å². The normalized spacial score (nSPS) is 19.3. The Balaban J connectivity index is 1.53. The van der Waals surface area contributed by atoms with Gasteiger partial charge in [0.05, 0.1) is 6.54 Å². The van der Waals surface area contributed by atoms with E-state index in [0.29, 0.717) is 6.04 Å². The maximum atomic E-state index is 4.16. The van der Waals surface area contributed by atoms with E-state index in [1.807, 2.05) is 11.6 Å². The SMILES string of the molecule is C[C@H](c1ccsc1)N1CCN(Cc2nncn2C)CC1. The second kappa shape index (κ2) is 6.03. The van der Waals surface area contributed by atoms with E-state index in [9.17, 15) is 0 Å². The van der Waals surface area contributed by atoms with Gasteiger partial charge in [-0.25, -0.2) is 0 Å². The standard InChI is InChI=1S/C14H21N5S/c1-12(13-3-8-20-10-13)19-6-4-18(5-7-19)9-14-16-15-11-17(14)2/h3,8,10-12H,4-7,9H2,1-2H3/t12-/m1/s1. The van der Waals surface area contributed by atoms with Crippen molar-refractivity contribution >= 4 is 11.3 Å². The first-order valence-corrected chi connectivity index (χ1v) is 7.99. The molecule has 1 aliphatic rings. The summed E-state index contributed by atoms with van der Waals surface area (Å²) >= 11 is 1.78. The third-order valence-electron chi connectivity index (χ3n) is 4.15. The molecule has 0 radical (unpaired) electrons. The highest BCUT2D eigenvalue weighted by Crippen LogP contribution is 2.23. The van der Waals surface area contributed by atoms with Crippen LogP contribution >= 0.6 is 11.3 Å². The van der Waals surface area contributed by atoms with E-state index >= 15 is 0 Å². The number of aromatic nitrogens is 3. The van der Waals surface area contributed by atoms with E-state index in [4.69, 9.17) is 0 Å². The Morgan fingerprint density at radius 2 is 2.10 bits per heavy atom. The lowest BCUT2D eigenvalue weighted by molar-refractivity contribution is 0.0957. The fourth-order valence-corrected chi connectivity index (χ4v) is 3.43. The molecule has 2 aromatic rings. The van der Waals surface area contributed by atoms with Crippen molar-refractivity contribution in [1.29, 1.82) is 0 Å². The van der Waals surface area contributed by atoms with Crippen LogP contribution in [0.25, 0.3) is 0 Å². The Morgan fingerprint density at radius 1 is 1.30 bits per heavy atom. The minimum atomic E-state index is 0.526. The number of thiophene rings is 1. The summed E-state index contributed by atoms with van der Waals surface area (Å²) in [5.74, 6) is 1.05. The number of hydrogen-bond acceptors (Lipinski definition) is 5. The lowest BCUT2D eigenvalue weighted by Gasteiger charge is -2.37. The highest BCUT2D eigenvalue weighted by molar-refractivity contribution is 7.07. The molecule has 0 amide bonds. The van der Waals surface area contributed by atoms with Gasteiger partial charge in [0, 0.05) is 39.3 Å². The topological polar surface area (TPSA) is 37.2 Å². The molecule has 0 bridgehead atoms. The lowest BCUT2D eigenvalue weighted by Crippen LogP contribution is -2.46. The fraction of sp³-hybridized carbons (Fsp3) is 0.571. The number of hydrogen-bond donors (Lipinski definition) is 0. The third kappa shape index (κ3) is 2.92. The Bertz CT molecular complexity index is 528. The van der Waals surface area contributed by atoms with Crippen LogP contribution in [0, 0.1) is 0 Å². The zero-order valence-corrected chi connectivity index (χ0v) is 12.9. The molecular formula is C14H21N5S. The molecule has 6 heteroatoms. The molecule has 0 spiro atoms. The van der Waals surface area contributed by atoms with Gasteiger partial charge in [-0.15, -0.1) is 10.2 Å². The van der Waals surface area contributed by atoms with Gasteiger partial charge in [-0.1, -0.05) is 0 Å². The van der Waals surface area contributed by atoms with Crippen LogP contribution < -0.4 is 0 Å². The summed E-state index contributed by atoms with van der Waals surface area (Å²) in [4.78, 5) is 5.02. The van der Waals surface area contributed by atoms with Crippen LogP contribution in [0.5, 0.6) is 0 Å². The van der Waals surface area contributed by atoms with Gasteiger partial charge in [-0.2, -0.15) is 11.3 Å². The van der Waals surface area contributed by atoms with Crippen molar-refractivity contribution in [3.8, 4) is 0 Å². The first kappa shape index (κ1) is 13.7. The average molecular weight is 291 g/mol. The van der Waals surface area contributed by atoms with Gasteiger partial charge in [0.1, 0.15) is 12.2 Å². The van der Waals surface area contributed by atoms with Crippen LogP contribution in [0.15, 0.2) is 23.2 Å². The molecule has 1 aliphatic heterocycles. The van der Waals surface area contributed by atoms with Crippen LogP contribution in [0.4, 0.5) is 0 Å². The Kier molecular flexibility index (Phi) is 4.14. The molecule has 1 fully saturated rings. The van der Waals surface area contributed by atoms with Gasteiger partial charge < -0.3 is 4.57 Å². The molecule has 1 saturated heterocycles. The van der Waals surface area contributed by atoms with Crippen molar-refractivity contribution in [2.45, 2.75) is 19.5 Å². The lowest BCUT2D eigenvalue weighted by atomic mass is 10.1. The molecule has 1 atom stereocenters. The van der Waals surface area contributed by atoms with Crippen LogP contribution in [0.2, 0.25) is 0 Å². The van der Waals surface area contributed by atoms with Crippen molar-refractivity contribution in [3.63, 3.8) is 0 Å². The fourth-order valence-electron chi connectivity index (χ4n) is 2.68. The van der Waals surface area contributed by atoms with E-state index in [1.54, 1.807) is 17.7 Å². The van der Waals surface area contributed by atoms with Crippen LogP contribution in [-0.4, -0.2) is 50.7 Å². The number of nitrogens with zero attached hydrogens (tertiary/aromatic N) is 5. The molecule has 0 saturated carbocycles. The maximum absolute atomic E-state index is 4.16. The monoisotopic (exact) mass is 291 g/mol. The van der Waals surface area contributed by atoms with E-state index in [1.165, 1.54) is 5.56 Å². The van der Waals surface area contributed by atoms with Crippen LogP contribution in [-0.2, 0) is 13.6 Å². The van der Waals surface area contributed by atoms with Gasteiger partial charge >= 0.3 is 0 Å². The minimum Gasteiger partial charge on any atom is -0.320 e. The summed E-state index contributed by atoms with van der Waals surface area (Å²) in [6.07, 6.45) is 1.77. The van der Waals surface area contributed by atoms with Crippen LogP contribution in [0.1, 0.15) is 24.4 Å². The minimum absolute atomic E-state index is 0.526. The van der Waals surface area contributed by atoms with Gasteiger partial charge in [0.25, 0.3) is 0 Å². The highest BCUT2D eigenvalue weighted by atomic mass is 32.1. The van der Waals surface area contributed by atoms with Gasteiger partial charge in [-0.3, -0.25) is 9.80 Å². The van der Waals surface area contributed by atoms with Gasteiger partial charge in [0.2, 0.25) is 0 Å². The quantitative estimate of drug-likeness (QED) is 0.860. The molecule has 108 valence electrons. The predicted molar refractivity (Wildman–Crippen MR) is 80.6 cm³/mol. The molecule has 0 aliphatic carbocycles. The zero-order chi connectivity index (χ0) is 13.9. The first-order chi connectivity index (χ1) is 9.74. The number of aryl methyl sites for hydroxylation is 1. The Hall–Kier alpha value is -1.24. The summed E-state index contributed by atoms with van der Waals surface area (Å²) in [6.45, 7) is 7.64. The van der Waals surface area contributed by atoms with Crippen LogP contribution in [0.3, 0.4) is 0 Å². The van der Waals surface area contributed by atoms with E-state index < -0.39 is 0 Å². The molecule has 20 heavy (non-hydrogen) atoms. The van der Waals surface area contributed by atoms with Crippen molar-refractivity contribution in [1.82, 2.24) is 24.6 Å². The zero-order valence-electron chi connectivity index (χ0n) is 12.1. The molecular weight excluding hydrogens is 270 g/mol. The number of piperazine rings is 1. The molecule has 0 aromatic carbocycles. The van der Waals surface area contributed by atoms with E-state index in [0.717, 1.165) is 38.5 Å². The smallest absolute Gasteiger partial charge is 0.146 e.